The Morgan fingerprint density at radius 3 is 1.50 bits per heavy atom. The lowest BCUT2D eigenvalue weighted by Gasteiger charge is -2.29. The Labute approximate surface area is 97.7 Å². The van der Waals surface area contributed by atoms with E-state index in [9.17, 15) is 10.2 Å². The zero-order valence-corrected chi connectivity index (χ0v) is 9.88. The lowest BCUT2D eigenvalue weighted by molar-refractivity contribution is -0.0553. The second kappa shape index (κ2) is 6.18. The minimum absolute atomic E-state index is 0.465. The first kappa shape index (κ1) is 14.5. The molecule has 2 heteroatoms. The first-order valence-electron chi connectivity index (χ1n) is 5.04. The molecule has 0 radical (unpaired) electrons. The fraction of sp³-hybridized carbons (Fsp3) is 0.429. The summed E-state index contributed by atoms with van der Waals surface area (Å²) < 4.78 is 0. The minimum atomic E-state index is -1.57. The first-order valence-corrected chi connectivity index (χ1v) is 5.04. The molecule has 0 aliphatic heterocycles. The van der Waals surface area contributed by atoms with Crippen molar-refractivity contribution in [3.8, 4) is 23.7 Å². The maximum atomic E-state index is 9.98. The predicted octanol–water partition coefficient (Wildman–Crippen LogP) is 1.65. The number of aliphatic hydroxyl groups is 2. The standard InChI is InChI=1S/C14H18O2/c1-5-7-9-11-13(3,15)14(4,16)12-10-8-6-2/h5-6,15-16H,1-2,7-8H2,3-4H3. The highest BCUT2D eigenvalue weighted by molar-refractivity contribution is 5.29. The van der Waals surface area contributed by atoms with Crippen molar-refractivity contribution in [3.05, 3.63) is 25.3 Å². The molecule has 0 saturated carbocycles. The largest absolute Gasteiger partial charge is 0.374 e. The molecule has 2 atom stereocenters. The van der Waals surface area contributed by atoms with Gasteiger partial charge in [0.1, 0.15) is 0 Å². The molecule has 0 rings (SSSR count). The molecule has 0 saturated heterocycles. The van der Waals surface area contributed by atoms with Gasteiger partial charge in [-0.15, -0.1) is 13.2 Å². The van der Waals surface area contributed by atoms with Crippen LogP contribution in [0.2, 0.25) is 0 Å². The van der Waals surface area contributed by atoms with Gasteiger partial charge in [0.2, 0.25) is 0 Å². The molecule has 0 aromatic rings. The van der Waals surface area contributed by atoms with E-state index in [0.717, 1.165) is 0 Å². The molecule has 2 nitrogen and oxygen atoms in total. The van der Waals surface area contributed by atoms with E-state index in [4.69, 9.17) is 0 Å². The van der Waals surface area contributed by atoms with E-state index in [1.165, 1.54) is 13.8 Å². The van der Waals surface area contributed by atoms with Gasteiger partial charge in [0.25, 0.3) is 0 Å². The van der Waals surface area contributed by atoms with E-state index in [2.05, 4.69) is 36.8 Å². The fourth-order valence-electron chi connectivity index (χ4n) is 0.834. The van der Waals surface area contributed by atoms with E-state index >= 15 is 0 Å². The van der Waals surface area contributed by atoms with Crippen molar-refractivity contribution in [2.45, 2.75) is 37.9 Å². The summed E-state index contributed by atoms with van der Waals surface area (Å²) in [6.07, 6.45) is 4.18. The summed E-state index contributed by atoms with van der Waals surface area (Å²) in [7, 11) is 0. The van der Waals surface area contributed by atoms with Gasteiger partial charge < -0.3 is 10.2 Å². The van der Waals surface area contributed by atoms with Crippen LogP contribution < -0.4 is 0 Å². The van der Waals surface area contributed by atoms with Gasteiger partial charge in [0, 0.05) is 12.8 Å². The second-order valence-electron chi connectivity index (χ2n) is 3.73. The zero-order valence-electron chi connectivity index (χ0n) is 9.88. The lowest BCUT2D eigenvalue weighted by Crippen LogP contribution is -2.47. The Hall–Kier alpha value is -1.48. The number of hydrogen-bond donors (Lipinski definition) is 2. The van der Waals surface area contributed by atoms with Gasteiger partial charge in [-0.3, -0.25) is 0 Å². The van der Waals surface area contributed by atoms with E-state index in [-0.39, 0.29) is 0 Å². The maximum Gasteiger partial charge on any atom is 0.162 e. The van der Waals surface area contributed by atoms with Crippen molar-refractivity contribution in [3.63, 3.8) is 0 Å². The predicted molar refractivity (Wildman–Crippen MR) is 66.4 cm³/mol. The smallest absolute Gasteiger partial charge is 0.162 e. The summed E-state index contributed by atoms with van der Waals surface area (Å²) in [5.41, 5.74) is -3.13. The molecule has 0 aliphatic carbocycles. The molecule has 0 fully saturated rings. The normalized spacial score (nSPS) is 16.5. The summed E-state index contributed by atoms with van der Waals surface area (Å²) in [5.74, 6) is 10.6. The van der Waals surface area contributed by atoms with Gasteiger partial charge in [-0.1, -0.05) is 35.8 Å². The summed E-state index contributed by atoms with van der Waals surface area (Å²) in [6, 6.07) is 0. The third-order valence-corrected chi connectivity index (χ3v) is 2.10. The topological polar surface area (TPSA) is 40.5 Å². The third-order valence-electron chi connectivity index (χ3n) is 2.10. The molecule has 0 aromatic heterocycles. The van der Waals surface area contributed by atoms with Crippen LogP contribution in [0.25, 0.3) is 0 Å². The van der Waals surface area contributed by atoms with Crippen LogP contribution in [0.3, 0.4) is 0 Å². The van der Waals surface area contributed by atoms with Crippen LogP contribution in [0.1, 0.15) is 26.7 Å². The van der Waals surface area contributed by atoms with E-state index in [0.29, 0.717) is 12.8 Å². The van der Waals surface area contributed by atoms with Gasteiger partial charge in [-0.25, -0.2) is 0 Å². The van der Waals surface area contributed by atoms with Crippen molar-refractivity contribution >= 4 is 0 Å². The molecule has 0 aliphatic rings. The average molecular weight is 218 g/mol. The molecule has 0 spiro atoms. The van der Waals surface area contributed by atoms with Crippen LogP contribution in [0, 0.1) is 23.7 Å². The first-order chi connectivity index (χ1) is 7.37. The zero-order chi connectivity index (χ0) is 12.7. The van der Waals surface area contributed by atoms with E-state index in [1.807, 2.05) is 0 Å². The molecule has 0 amide bonds. The Morgan fingerprint density at radius 2 is 1.25 bits per heavy atom. The van der Waals surface area contributed by atoms with Gasteiger partial charge in [0.15, 0.2) is 11.2 Å². The van der Waals surface area contributed by atoms with Crippen molar-refractivity contribution in [1.82, 2.24) is 0 Å². The van der Waals surface area contributed by atoms with Crippen LogP contribution in [0.4, 0.5) is 0 Å². The average Bonchev–Trinajstić information content (AvgIpc) is 2.18. The van der Waals surface area contributed by atoms with Crippen molar-refractivity contribution in [2.75, 3.05) is 0 Å². The summed E-state index contributed by atoms with van der Waals surface area (Å²) in [6.45, 7) is 9.91. The summed E-state index contributed by atoms with van der Waals surface area (Å²) in [5, 5.41) is 20.0. The summed E-state index contributed by atoms with van der Waals surface area (Å²) >= 11 is 0. The van der Waals surface area contributed by atoms with Crippen LogP contribution >= 0.6 is 0 Å². The number of rotatable bonds is 3. The Kier molecular flexibility index (Phi) is 5.61. The molecule has 0 heterocycles. The van der Waals surface area contributed by atoms with E-state index < -0.39 is 11.2 Å². The maximum absolute atomic E-state index is 9.98. The second-order valence-corrected chi connectivity index (χ2v) is 3.73. The molecule has 16 heavy (non-hydrogen) atoms. The Morgan fingerprint density at radius 1 is 0.938 bits per heavy atom. The molecule has 2 unspecified atom stereocenters. The highest BCUT2D eigenvalue weighted by atomic mass is 16.3. The van der Waals surface area contributed by atoms with Gasteiger partial charge in [-0.05, 0) is 13.8 Å². The highest BCUT2D eigenvalue weighted by Crippen LogP contribution is 2.20. The molecular weight excluding hydrogens is 200 g/mol. The van der Waals surface area contributed by atoms with Gasteiger partial charge in [-0.2, -0.15) is 0 Å². The quantitative estimate of drug-likeness (QED) is 0.558. The minimum Gasteiger partial charge on any atom is -0.374 e. The van der Waals surface area contributed by atoms with Crippen molar-refractivity contribution in [2.24, 2.45) is 0 Å². The number of allylic oxidation sites excluding steroid dienone is 2. The van der Waals surface area contributed by atoms with Crippen LogP contribution in [-0.4, -0.2) is 21.4 Å². The molecular formula is C14H18O2. The fourth-order valence-corrected chi connectivity index (χ4v) is 0.834. The summed E-state index contributed by atoms with van der Waals surface area (Å²) in [4.78, 5) is 0. The van der Waals surface area contributed by atoms with Crippen molar-refractivity contribution in [1.29, 1.82) is 0 Å². The Balaban J connectivity index is 4.86. The van der Waals surface area contributed by atoms with Crippen LogP contribution in [0.5, 0.6) is 0 Å². The Bertz CT molecular complexity index is 329. The van der Waals surface area contributed by atoms with Crippen LogP contribution in [-0.2, 0) is 0 Å². The molecule has 2 N–H and O–H groups in total. The molecule has 0 bridgehead atoms. The van der Waals surface area contributed by atoms with Gasteiger partial charge in [0.05, 0.1) is 0 Å². The monoisotopic (exact) mass is 218 g/mol. The number of hydrogen-bond acceptors (Lipinski definition) is 2. The molecule has 0 aromatic carbocycles. The van der Waals surface area contributed by atoms with Crippen molar-refractivity contribution < 1.29 is 10.2 Å². The van der Waals surface area contributed by atoms with Crippen LogP contribution in [0.15, 0.2) is 25.3 Å². The highest BCUT2D eigenvalue weighted by Gasteiger charge is 2.39. The SMILES string of the molecule is C=CCC#CC(C)(O)C(C)(O)C#CCC=C. The molecule has 86 valence electrons. The third kappa shape index (κ3) is 4.36. The van der Waals surface area contributed by atoms with Gasteiger partial charge >= 0.3 is 0 Å². The van der Waals surface area contributed by atoms with E-state index in [1.54, 1.807) is 12.2 Å². The lowest BCUT2D eigenvalue weighted by atomic mass is 9.87.